The van der Waals surface area contributed by atoms with Crippen molar-refractivity contribution in [3.8, 4) is 11.5 Å². The number of aryl methyl sites for hydroxylation is 1. The van der Waals surface area contributed by atoms with Gasteiger partial charge in [0.05, 0.1) is 32.0 Å². The Kier molecular flexibility index (Phi) is 5.67. The molecule has 0 unspecified atom stereocenters. The molecule has 7 nitrogen and oxygen atoms in total. The summed E-state index contributed by atoms with van der Waals surface area (Å²) in [6, 6.07) is 11.8. The van der Waals surface area contributed by atoms with E-state index in [2.05, 4.69) is 9.88 Å². The highest BCUT2D eigenvalue weighted by Gasteiger charge is 2.17. The minimum absolute atomic E-state index is 0.131. The van der Waals surface area contributed by atoms with E-state index in [0.717, 1.165) is 41.1 Å². The Hall–Kier alpha value is -3.06. The summed E-state index contributed by atoms with van der Waals surface area (Å²) >= 11 is 0. The van der Waals surface area contributed by atoms with Crippen LogP contribution < -0.4 is 19.9 Å². The summed E-state index contributed by atoms with van der Waals surface area (Å²) in [6.45, 7) is 5.91. The molecule has 29 heavy (non-hydrogen) atoms. The molecule has 1 aliphatic rings. The van der Waals surface area contributed by atoms with Gasteiger partial charge in [0.2, 0.25) is 0 Å². The van der Waals surface area contributed by atoms with Gasteiger partial charge >= 0.3 is 0 Å². The van der Waals surface area contributed by atoms with Crippen molar-refractivity contribution in [1.82, 2.24) is 9.55 Å². The lowest BCUT2D eigenvalue weighted by Gasteiger charge is -2.29. The maximum Gasteiger partial charge on any atom is 0.269 e. The molecular weight excluding hydrogens is 370 g/mol. The van der Waals surface area contributed by atoms with Crippen LogP contribution in [0.25, 0.3) is 11.0 Å². The van der Waals surface area contributed by atoms with Crippen LogP contribution in [-0.2, 0) is 17.9 Å². The third-order valence-corrected chi connectivity index (χ3v) is 5.14. The van der Waals surface area contributed by atoms with E-state index in [4.69, 9.17) is 14.2 Å². The molecule has 0 saturated carbocycles. The lowest BCUT2D eigenvalue weighted by molar-refractivity contribution is 0.122. The third-order valence-electron chi connectivity index (χ3n) is 5.14. The summed E-state index contributed by atoms with van der Waals surface area (Å²) in [5.41, 5.74) is 3.39. The van der Waals surface area contributed by atoms with Crippen molar-refractivity contribution in [2.24, 2.45) is 0 Å². The molecule has 3 aromatic rings. The van der Waals surface area contributed by atoms with Gasteiger partial charge in [0.15, 0.2) is 0 Å². The van der Waals surface area contributed by atoms with Crippen LogP contribution in [0.1, 0.15) is 12.5 Å². The van der Waals surface area contributed by atoms with Crippen molar-refractivity contribution in [2.45, 2.75) is 20.1 Å². The van der Waals surface area contributed by atoms with Crippen LogP contribution in [0.2, 0.25) is 0 Å². The summed E-state index contributed by atoms with van der Waals surface area (Å²) in [5.74, 6) is 1.46. The summed E-state index contributed by atoms with van der Waals surface area (Å²) < 4.78 is 18.6. The second-order valence-electron chi connectivity index (χ2n) is 6.89. The lowest BCUT2D eigenvalue weighted by atomic mass is 10.2. The normalized spacial score (nSPS) is 14.2. The fraction of sp³-hybridized carbons (Fsp3) is 0.364. The molecule has 2 aromatic carbocycles. The highest BCUT2D eigenvalue weighted by atomic mass is 16.5. The standard InChI is InChI=1S/C22H25N3O4/c1-3-25-21(26)14-23-19-12-17(24-8-10-28-11-9-24)13-20(22(19)25)29-15-16-4-6-18(27-2)7-5-16/h4-7,12-14H,3,8-11,15H2,1-2H3. The Balaban J connectivity index is 1.73. The molecule has 1 aromatic heterocycles. The number of aromatic nitrogens is 2. The molecule has 0 atom stereocenters. The maximum atomic E-state index is 12.4. The van der Waals surface area contributed by atoms with Gasteiger partial charge in [-0.2, -0.15) is 0 Å². The maximum absolute atomic E-state index is 12.4. The van der Waals surface area contributed by atoms with Gasteiger partial charge in [0.25, 0.3) is 5.56 Å². The average molecular weight is 395 g/mol. The van der Waals surface area contributed by atoms with Crippen LogP contribution in [0.3, 0.4) is 0 Å². The summed E-state index contributed by atoms with van der Waals surface area (Å²) in [7, 11) is 1.64. The number of nitrogens with zero attached hydrogens (tertiary/aromatic N) is 3. The molecule has 1 aliphatic heterocycles. The predicted molar refractivity (Wildman–Crippen MR) is 112 cm³/mol. The largest absolute Gasteiger partial charge is 0.497 e. The van der Waals surface area contributed by atoms with Gasteiger partial charge in [0, 0.05) is 31.4 Å². The van der Waals surface area contributed by atoms with Gasteiger partial charge in [-0.05, 0) is 30.7 Å². The summed E-state index contributed by atoms with van der Waals surface area (Å²) in [4.78, 5) is 19.0. The Morgan fingerprint density at radius 1 is 1.14 bits per heavy atom. The molecule has 4 rings (SSSR count). The third kappa shape index (κ3) is 4.05. The number of hydrogen-bond acceptors (Lipinski definition) is 6. The zero-order chi connectivity index (χ0) is 20.2. The van der Waals surface area contributed by atoms with Crippen LogP contribution in [0.5, 0.6) is 11.5 Å². The quantitative estimate of drug-likeness (QED) is 0.640. The molecule has 0 aliphatic carbocycles. The molecule has 152 valence electrons. The topological polar surface area (TPSA) is 65.8 Å². The molecule has 0 bridgehead atoms. The van der Waals surface area contributed by atoms with E-state index in [9.17, 15) is 4.79 Å². The zero-order valence-electron chi connectivity index (χ0n) is 16.8. The number of benzene rings is 2. The van der Waals surface area contributed by atoms with Crippen LogP contribution in [-0.4, -0.2) is 43.0 Å². The second-order valence-corrected chi connectivity index (χ2v) is 6.89. The fourth-order valence-electron chi connectivity index (χ4n) is 3.56. The van der Waals surface area contributed by atoms with Crippen molar-refractivity contribution in [3.63, 3.8) is 0 Å². The smallest absolute Gasteiger partial charge is 0.269 e. The molecule has 7 heteroatoms. The first-order chi connectivity index (χ1) is 14.2. The highest BCUT2D eigenvalue weighted by Crippen LogP contribution is 2.31. The highest BCUT2D eigenvalue weighted by molar-refractivity contribution is 5.86. The van der Waals surface area contributed by atoms with Crippen LogP contribution >= 0.6 is 0 Å². The van der Waals surface area contributed by atoms with Crippen molar-refractivity contribution >= 4 is 16.7 Å². The van der Waals surface area contributed by atoms with Gasteiger partial charge in [-0.1, -0.05) is 12.1 Å². The van der Waals surface area contributed by atoms with E-state index in [0.29, 0.717) is 32.1 Å². The monoisotopic (exact) mass is 395 g/mol. The molecular formula is C22H25N3O4. The summed E-state index contributed by atoms with van der Waals surface area (Å²) in [6.07, 6.45) is 1.38. The van der Waals surface area contributed by atoms with Crippen LogP contribution in [0, 0.1) is 0 Å². The van der Waals surface area contributed by atoms with Crippen molar-refractivity contribution in [1.29, 1.82) is 0 Å². The Morgan fingerprint density at radius 3 is 2.59 bits per heavy atom. The van der Waals surface area contributed by atoms with Gasteiger partial charge in [-0.15, -0.1) is 0 Å². The number of anilines is 1. The van der Waals surface area contributed by atoms with E-state index in [-0.39, 0.29) is 5.56 Å². The van der Waals surface area contributed by atoms with E-state index in [1.54, 1.807) is 11.7 Å². The number of ether oxygens (including phenoxy) is 3. The van der Waals surface area contributed by atoms with E-state index < -0.39 is 0 Å². The molecule has 1 saturated heterocycles. The molecule has 2 heterocycles. The lowest BCUT2D eigenvalue weighted by Crippen LogP contribution is -2.36. The molecule has 0 spiro atoms. The number of hydrogen-bond donors (Lipinski definition) is 0. The average Bonchev–Trinajstić information content (AvgIpc) is 2.78. The Morgan fingerprint density at radius 2 is 1.90 bits per heavy atom. The van der Waals surface area contributed by atoms with Gasteiger partial charge in [0.1, 0.15) is 23.6 Å². The molecule has 1 fully saturated rings. The first kappa shape index (κ1) is 19.3. The molecule has 0 radical (unpaired) electrons. The van der Waals surface area contributed by atoms with Crippen molar-refractivity contribution < 1.29 is 14.2 Å². The van der Waals surface area contributed by atoms with E-state index in [1.807, 2.05) is 43.3 Å². The molecule has 0 amide bonds. The Labute approximate surface area is 169 Å². The van der Waals surface area contributed by atoms with Gasteiger partial charge in [-0.25, -0.2) is 4.98 Å². The number of fused-ring (bicyclic) bond motifs is 1. The zero-order valence-corrected chi connectivity index (χ0v) is 16.8. The first-order valence-electron chi connectivity index (χ1n) is 9.81. The Bertz CT molecular complexity index is 1040. The fourth-order valence-corrected chi connectivity index (χ4v) is 3.56. The van der Waals surface area contributed by atoms with Crippen LogP contribution in [0.15, 0.2) is 47.4 Å². The van der Waals surface area contributed by atoms with E-state index >= 15 is 0 Å². The molecule has 0 N–H and O–H groups in total. The second kappa shape index (κ2) is 8.53. The van der Waals surface area contributed by atoms with Crippen molar-refractivity contribution in [2.75, 3.05) is 38.3 Å². The van der Waals surface area contributed by atoms with Gasteiger partial charge < -0.3 is 23.7 Å². The van der Waals surface area contributed by atoms with Crippen molar-refractivity contribution in [3.05, 3.63) is 58.5 Å². The minimum Gasteiger partial charge on any atom is -0.497 e. The number of methoxy groups -OCH3 is 1. The SMILES string of the molecule is CCn1c(=O)cnc2cc(N3CCOCC3)cc(OCc3ccc(OC)cc3)c21. The first-order valence-corrected chi connectivity index (χ1v) is 9.81. The summed E-state index contributed by atoms with van der Waals surface area (Å²) in [5, 5.41) is 0. The minimum atomic E-state index is -0.131. The number of morpholine rings is 1. The number of rotatable bonds is 6. The van der Waals surface area contributed by atoms with Gasteiger partial charge in [-0.3, -0.25) is 4.79 Å². The van der Waals surface area contributed by atoms with E-state index in [1.165, 1.54) is 6.20 Å². The van der Waals surface area contributed by atoms with Crippen LogP contribution in [0.4, 0.5) is 5.69 Å². The predicted octanol–water partition coefficient (Wildman–Crippen LogP) is 2.84.